The highest BCUT2D eigenvalue weighted by atomic mass is 16.4. The van der Waals surface area contributed by atoms with E-state index in [1.807, 2.05) is 0 Å². The van der Waals surface area contributed by atoms with Crippen molar-refractivity contribution < 1.29 is 14.8 Å². The molecule has 0 aromatic heterocycles. The number of amides is 1. The maximum Gasteiger partial charge on any atom is 0.223 e. The van der Waals surface area contributed by atoms with Crippen molar-refractivity contribution in [1.82, 2.24) is 0 Å². The molecule has 19 heavy (non-hydrogen) atoms. The Balaban J connectivity index is 2.39. The molecular formula is C14H16N2O3. The standard InChI is InChI=1S/C14H16N2O3/c1-9(15-19)14(18)12-5-6-13-11(8-12)4-3-7-16(13)10(2)17/h5-6,8,19H,3-4,7H2,1-2H3/b15-9-. The molecule has 0 saturated heterocycles. The molecule has 5 nitrogen and oxygen atoms in total. The zero-order chi connectivity index (χ0) is 14.0. The van der Waals surface area contributed by atoms with Gasteiger partial charge in [0.15, 0.2) is 0 Å². The highest BCUT2D eigenvalue weighted by molar-refractivity contribution is 6.45. The maximum atomic E-state index is 11.9. The summed E-state index contributed by atoms with van der Waals surface area (Å²) in [6.45, 7) is 3.72. The zero-order valence-electron chi connectivity index (χ0n) is 11.0. The van der Waals surface area contributed by atoms with Crippen molar-refractivity contribution in [1.29, 1.82) is 0 Å². The number of oxime groups is 1. The number of nitrogens with zero attached hydrogens (tertiary/aromatic N) is 2. The van der Waals surface area contributed by atoms with E-state index in [2.05, 4.69) is 5.16 Å². The van der Waals surface area contributed by atoms with E-state index in [9.17, 15) is 9.59 Å². The van der Waals surface area contributed by atoms with Crippen LogP contribution in [0.4, 0.5) is 5.69 Å². The molecule has 1 amide bonds. The summed E-state index contributed by atoms with van der Waals surface area (Å²) < 4.78 is 0. The van der Waals surface area contributed by atoms with Crippen molar-refractivity contribution in [3.8, 4) is 0 Å². The molecule has 0 unspecified atom stereocenters. The normalized spacial score (nSPS) is 15.1. The Morgan fingerprint density at radius 2 is 2.05 bits per heavy atom. The van der Waals surface area contributed by atoms with E-state index in [1.165, 1.54) is 13.8 Å². The van der Waals surface area contributed by atoms with Gasteiger partial charge in [-0.25, -0.2) is 0 Å². The number of anilines is 1. The number of rotatable bonds is 2. The summed E-state index contributed by atoms with van der Waals surface area (Å²) in [4.78, 5) is 25.2. The van der Waals surface area contributed by atoms with E-state index < -0.39 is 0 Å². The number of Topliss-reactive ketones (excluding diaryl/α,β-unsaturated/α-hetero) is 1. The third-order valence-electron chi connectivity index (χ3n) is 3.32. The van der Waals surface area contributed by atoms with Gasteiger partial charge in [0.05, 0.1) is 0 Å². The quantitative estimate of drug-likeness (QED) is 0.383. The van der Waals surface area contributed by atoms with Gasteiger partial charge in [0.25, 0.3) is 0 Å². The van der Waals surface area contributed by atoms with Crippen molar-refractivity contribution in [3.63, 3.8) is 0 Å². The smallest absolute Gasteiger partial charge is 0.223 e. The van der Waals surface area contributed by atoms with Gasteiger partial charge in [0, 0.05) is 24.7 Å². The molecule has 0 bridgehead atoms. The Morgan fingerprint density at radius 1 is 1.32 bits per heavy atom. The minimum Gasteiger partial charge on any atom is -0.411 e. The van der Waals surface area contributed by atoms with Gasteiger partial charge in [-0.3, -0.25) is 9.59 Å². The summed E-state index contributed by atoms with van der Waals surface area (Å²) in [7, 11) is 0. The molecule has 1 N–H and O–H groups in total. The van der Waals surface area contributed by atoms with Crippen molar-refractivity contribution >= 4 is 23.1 Å². The van der Waals surface area contributed by atoms with Crippen LogP contribution in [-0.4, -0.2) is 29.2 Å². The first-order valence-corrected chi connectivity index (χ1v) is 6.19. The number of carbonyl (C=O) groups excluding carboxylic acids is 2. The second kappa shape index (κ2) is 5.22. The van der Waals surface area contributed by atoms with Gasteiger partial charge >= 0.3 is 0 Å². The van der Waals surface area contributed by atoms with Crippen LogP contribution in [0.2, 0.25) is 0 Å². The van der Waals surface area contributed by atoms with Crippen LogP contribution in [0, 0.1) is 0 Å². The van der Waals surface area contributed by atoms with Gasteiger partial charge in [-0.1, -0.05) is 5.16 Å². The second-order valence-electron chi connectivity index (χ2n) is 4.63. The van der Waals surface area contributed by atoms with Crippen molar-refractivity contribution in [2.45, 2.75) is 26.7 Å². The van der Waals surface area contributed by atoms with E-state index in [0.717, 1.165) is 24.1 Å². The van der Waals surface area contributed by atoms with Crippen molar-refractivity contribution in [2.75, 3.05) is 11.4 Å². The minimum absolute atomic E-state index is 0.00753. The van der Waals surface area contributed by atoms with Crippen LogP contribution in [0.1, 0.15) is 36.2 Å². The third kappa shape index (κ3) is 2.50. The number of fused-ring (bicyclic) bond motifs is 1. The molecule has 1 aromatic rings. The van der Waals surface area contributed by atoms with Crippen LogP contribution in [0.15, 0.2) is 23.4 Å². The molecular weight excluding hydrogens is 244 g/mol. The molecule has 0 saturated carbocycles. The highest BCUT2D eigenvalue weighted by Gasteiger charge is 2.21. The largest absolute Gasteiger partial charge is 0.411 e. The van der Waals surface area contributed by atoms with Crippen LogP contribution in [0.5, 0.6) is 0 Å². The zero-order valence-corrected chi connectivity index (χ0v) is 11.0. The molecule has 0 spiro atoms. The van der Waals surface area contributed by atoms with Crippen molar-refractivity contribution in [3.05, 3.63) is 29.3 Å². The number of ketones is 1. The van der Waals surface area contributed by atoms with Crippen LogP contribution < -0.4 is 4.90 Å². The van der Waals surface area contributed by atoms with Gasteiger partial charge in [-0.05, 0) is 43.5 Å². The number of hydrogen-bond donors (Lipinski definition) is 1. The Hall–Kier alpha value is -2.17. The maximum absolute atomic E-state index is 11.9. The van der Waals surface area contributed by atoms with Crippen LogP contribution in [0.3, 0.4) is 0 Å². The lowest BCUT2D eigenvalue weighted by molar-refractivity contribution is -0.116. The SMILES string of the molecule is CC(=O)N1CCCc2cc(C(=O)/C(C)=N\O)ccc21. The third-order valence-corrected chi connectivity index (χ3v) is 3.32. The monoisotopic (exact) mass is 260 g/mol. The predicted octanol–water partition coefficient (Wildman–Crippen LogP) is 2.02. The summed E-state index contributed by atoms with van der Waals surface area (Å²) in [5.74, 6) is -0.293. The second-order valence-corrected chi connectivity index (χ2v) is 4.63. The van der Waals surface area contributed by atoms with E-state index >= 15 is 0 Å². The highest BCUT2D eigenvalue weighted by Crippen LogP contribution is 2.28. The van der Waals surface area contributed by atoms with E-state index in [4.69, 9.17) is 5.21 Å². The summed E-state index contributed by atoms with van der Waals surface area (Å²) in [5, 5.41) is 11.6. The van der Waals surface area contributed by atoms with Gasteiger partial charge in [0.2, 0.25) is 11.7 Å². The Labute approximate surface area is 111 Å². The molecule has 0 fully saturated rings. The number of benzene rings is 1. The number of aryl methyl sites for hydroxylation is 1. The van der Waals surface area contributed by atoms with Crippen LogP contribution in [0.25, 0.3) is 0 Å². The molecule has 1 aliphatic heterocycles. The first-order valence-electron chi connectivity index (χ1n) is 6.19. The summed E-state index contributed by atoms with van der Waals surface area (Å²) in [6, 6.07) is 5.23. The first kappa shape index (κ1) is 13.3. The summed E-state index contributed by atoms with van der Waals surface area (Å²) in [5.41, 5.74) is 2.39. The Kier molecular flexibility index (Phi) is 3.64. The van der Waals surface area contributed by atoms with Crippen molar-refractivity contribution in [2.24, 2.45) is 5.16 Å². The number of hydrogen-bond acceptors (Lipinski definition) is 4. The fourth-order valence-electron chi connectivity index (χ4n) is 2.32. The molecule has 0 aliphatic carbocycles. The average Bonchev–Trinajstić information content (AvgIpc) is 2.44. The van der Waals surface area contributed by atoms with Crippen LogP contribution in [-0.2, 0) is 11.2 Å². The molecule has 1 heterocycles. The molecule has 0 radical (unpaired) electrons. The van der Waals surface area contributed by atoms with Crippen LogP contribution >= 0.6 is 0 Å². The van der Waals surface area contributed by atoms with Gasteiger partial charge in [-0.2, -0.15) is 0 Å². The fraction of sp³-hybridized carbons (Fsp3) is 0.357. The summed E-state index contributed by atoms with van der Waals surface area (Å²) >= 11 is 0. The topological polar surface area (TPSA) is 70.0 Å². The molecule has 5 heteroatoms. The van der Waals surface area contributed by atoms with Gasteiger partial charge in [-0.15, -0.1) is 0 Å². The Morgan fingerprint density at radius 3 is 2.68 bits per heavy atom. The Bertz CT molecular complexity index is 564. The minimum atomic E-state index is -0.301. The first-order chi connectivity index (χ1) is 9.04. The fourth-order valence-corrected chi connectivity index (χ4v) is 2.32. The number of carbonyl (C=O) groups is 2. The average molecular weight is 260 g/mol. The molecule has 1 aliphatic rings. The van der Waals surface area contributed by atoms with E-state index in [0.29, 0.717) is 12.1 Å². The summed E-state index contributed by atoms with van der Waals surface area (Å²) in [6.07, 6.45) is 1.73. The molecule has 0 atom stereocenters. The van der Waals surface area contributed by atoms with Gasteiger partial charge in [0.1, 0.15) is 5.71 Å². The van der Waals surface area contributed by atoms with E-state index in [-0.39, 0.29) is 17.4 Å². The predicted molar refractivity (Wildman–Crippen MR) is 72.0 cm³/mol. The lowest BCUT2D eigenvalue weighted by Crippen LogP contribution is -2.33. The molecule has 100 valence electrons. The lowest BCUT2D eigenvalue weighted by Gasteiger charge is -2.28. The molecule has 2 rings (SSSR count). The molecule has 1 aromatic carbocycles. The van der Waals surface area contributed by atoms with Gasteiger partial charge < -0.3 is 10.1 Å². The van der Waals surface area contributed by atoms with E-state index in [1.54, 1.807) is 23.1 Å². The lowest BCUT2D eigenvalue weighted by atomic mass is 9.97.